The molecule has 0 radical (unpaired) electrons. The minimum Gasteiger partial charge on any atom is -0.497 e. The van der Waals surface area contributed by atoms with Crippen molar-refractivity contribution in [1.29, 1.82) is 0 Å². The summed E-state index contributed by atoms with van der Waals surface area (Å²) in [5, 5.41) is 6.36. The van der Waals surface area contributed by atoms with Crippen LogP contribution >= 0.6 is 24.0 Å². The zero-order chi connectivity index (χ0) is 14.8. The highest BCUT2D eigenvalue weighted by atomic mass is 127. The third-order valence-corrected chi connectivity index (χ3v) is 2.81. The lowest BCUT2D eigenvalue weighted by atomic mass is 10.1. The molecule has 1 aromatic rings. The molecule has 0 aliphatic heterocycles. The molecule has 0 aliphatic carbocycles. The summed E-state index contributed by atoms with van der Waals surface area (Å²) in [6.45, 7) is 5.09. The van der Waals surface area contributed by atoms with Crippen molar-refractivity contribution in [3.8, 4) is 11.5 Å². The highest BCUT2D eigenvalue weighted by Gasteiger charge is 2.05. The van der Waals surface area contributed by atoms with Gasteiger partial charge in [0.1, 0.15) is 11.5 Å². The Balaban J connectivity index is 0.00000400. The van der Waals surface area contributed by atoms with Crippen molar-refractivity contribution in [3.63, 3.8) is 0 Å². The molecule has 21 heavy (non-hydrogen) atoms. The minimum absolute atomic E-state index is 0. The molecule has 0 amide bonds. The van der Waals surface area contributed by atoms with Crippen molar-refractivity contribution in [2.45, 2.75) is 6.42 Å². The average molecular weight is 405 g/mol. The molecule has 1 aromatic carbocycles. The van der Waals surface area contributed by atoms with Crippen LogP contribution in [-0.2, 0) is 6.42 Å². The summed E-state index contributed by atoms with van der Waals surface area (Å²) in [4.78, 5) is 4.12. The molecule has 5 nitrogen and oxygen atoms in total. The van der Waals surface area contributed by atoms with Gasteiger partial charge in [0.25, 0.3) is 0 Å². The quantitative estimate of drug-likeness (QED) is 0.316. The summed E-state index contributed by atoms with van der Waals surface area (Å²) in [5.41, 5.74) is 1.10. The fraction of sp³-hybridized carbons (Fsp3) is 0.400. The first kappa shape index (κ1) is 19.6. The maximum Gasteiger partial charge on any atom is 0.191 e. The molecule has 0 aliphatic rings. The summed E-state index contributed by atoms with van der Waals surface area (Å²) in [6.07, 6.45) is 2.60. The molecular weight excluding hydrogens is 381 g/mol. The summed E-state index contributed by atoms with van der Waals surface area (Å²) in [6, 6.07) is 5.79. The van der Waals surface area contributed by atoms with Crippen LogP contribution in [0.2, 0.25) is 0 Å². The maximum absolute atomic E-state index is 5.35. The Kier molecular flexibility index (Phi) is 10.5. The van der Waals surface area contributed by atoms with Gasteiger partial charge in [-0.25, -0.2) is 0 Å². The standard InChI is InChI=1S/C15H23N3O2.HI/c1-5-9-17-15(16-2)18-10-8-12-11-13(19-3)6-7-14(12)20-4;/h5-7,11H,1,8-10H2,2-4H3,(H2,16,17,18);1H. The summed E-state index contributed by atoms with van der Waals surface area (Å²) >= 11 is 0. The van der Waals surface area contributed by atoms with Crippen molar-refractivity contribution in [3.05, 3.63) is 36.4 Å². The zero-order valence-electron chi connectivity index (χ0n) is 12.8. The fourth-order valence-corrected chi connectivity index (χ4v) is 1.78. The monoisotopic (exact) mass is 405 g/mol. The van der Waals surface area contributed by atoms with Crippen LogP contribution in [0.4, 0.5) is 0 Å². The number of nitrogens with one attached hydrogen (secondary N) is 2. The third-order valence-electron chi connectivity index (χ3n) is 2.81. The Labute approximate surface area is 143 Å². The van der Waals surface area contributed by atoms with Crippen LogP contribution in [0.3, 0.4) is 0 Å². The van der Waals surface area contributed by atoms with Gasteiger partial charge in [-0.3, -0.25) is 4.99 Å². The highest BCUT2D eigenvalue weighted by Crippen LogP contribution is 2.23. The molecule has 0 saturated carbocycles. The molecule has 0 saturated heterocycles. The first-order valence-electron chi connectivity index (χ1n) is 6.51. The van der Waals surface area contributed by atoms with Gasteiger partial charge in [0, 0.05) is 20.1 Å². The molecule has 0 spiro atoms. The summed E-state index contributed by atoms with van der Waals surface area (Å²) in [5.74, 6) is 2.45. The van der Waals surface area contributed by atoms with Crippen molar-refractivity contribution >= 4 is 29.9 Å². The van der Waals surface area contributed by atoms with E-state index in [0.29, 0.717) is 6.54 Å². The van der Waals surface area contributed by atoms with Gasteiger partial charge in [-0.1, -0.05) is 6.08 Å². The van der Waals surface area contributed by atoms with Crippen LogP contribution in [0.1, 0.15) is 5.56 Å². The molecule has 2 N–H and O–H groups in total. The zero-order valence-corrected chi connectivity index (χ0v) is 15.1. The van der Waals surface area contributed by atoms with Gasteiger partial charge < -0.3 is 20.1 Å². The number of aliphatic imine (C=N–C) groups is 1. The van der Waals surface area contributed by atoms with E-state index in [4.69, 9.17) is 9.47 Å². The van der Waals surface area contributed by atoms with Crippen molar-refractivity contribution in [2.75, 3.05) is 34.4 Å². The molecule has 0 fully saturated rings. The fourth-order valence-electron chi connectivity index (χ4n) is 1.78. The summed E-state index contributed by atoms with van der Waals surface area (Å²) < 4.78 is 10.6. The molecule has 118 valence electrons. The topological polar surface area (TPSA) is 54.9 Å². The number of nitrogens with zero attached hydrogens (tertiary/aromatic N) is 1. The van der Waals surface area contributed by atoms with Gasteiger partial charge in [-0.05, 0) is 30.2 Å². The van der Waals surface area contributed by atoms with Crippen LogP contribution in [-0.4, -0.2) is 40.3 Å². The lowest BCUT2D eigenvalue weighted by Gasteiger charge is -2.13. The predicted molar refractivity (Wildman–Crippen MR) is 98.2 cm³/mol. The van der Waals surface area contributed by atoms with E-state index in [1.54, 1.807) is 27.3 Å². The second-order valence-corrected chi connectivity index (χ2v) is 4.10. The lowest BCUT2D eigenvalue weighted by molar-refractivity contribution is 0.398. The smallest absolute Gasteiger partial charge is 0.191 e. The Morgan fingerprint density at radius 3 is 2.62 bits per heavy atom. The van der Waals surface area contributed by atoms with E-state index in [0.717, 1.165) is 36.0 Å². The summed E-state index contributed by atoms with van der Waals surface area (Å²) in [7, 11) is 5.07. The van der Waals surface area contributed by atoms with Crippen LogP contribution in [0, 0.1) is 0 Å². The first-order chi connectivity index (χ1) is 9.74. The largest absolute Gasteiger partial charge is 0.497 e. The van der Waals surface area contributed by atoms with Gasteiger partial charge >= 0.3 is 0 Å². The van der Waals surface area contributed by atoms with E-state index in [9.17, 15) is 0 Å². The number of hydrogen-bond acceptors (Lipinski definition) is 3. The number of ether oxygens (including phenoxy) is 2. The Morgan fingerprint density at radius 2 is 2.05 bits per heavy atom. The Bertz CT molecular complexity index is 464. The van der Waals surface area contributed by atoms with Gasteiger partial charge in [0.05, 0.1) is 14.2 Å². The number of benzene rings is 1. The van der Waals surface area contributed by atoms with Crippen LogP contribution in [0.15, 0.2) is 35.8 Å². The van der Waals surface area contributed by atoms with E-state index in [1.807, 2.05) is 18.2 Å². The number of methoxy groups -OCH3 is 2. The predicted octanol–water partition coefficient (Wildman–Crippen LogP) is 2.22. The normalized spacial score (nSPS) is 10.3. The molecule has 6 heteroatoms. The Hall–Kier alpha value is -1.44. The minimum atomic E-state index is 0. The van der Waals surface area contributed by atoms with E-state index >= 15 is 0 Å². The van der Waals surface area contributed by atoms with Crippen LogP contribution in [0.25, 0.3) is 0 Å². The second kappa shape index (κ2) is 11.2. The third kappa shape index (κ3) is 6.70. The van der Waals surface area contributed by atoms with Crippen molar-refractivity contribution in [2.24, 2.45) is 4.99 Å². The number of halogens is 1. The van der Waals surface area contributed by atoms with Gasteiger partial charge in [0.2, 0.25) is 0 Å². The SMILES string of the molecule is C=CCNC(=NC)NCCc1cc(OC)ccc1OC.I. The second-order valence-electron chi connectivity index (χ2n) is 4.10. The van der Waals surface area contributed by atoms with Crippen molar-refractivity contribution in [1.82, 2.24) is 10.6 Å². The van der Waals surface area contributed by atoms with Crippen LogP contribution in [0.5, 0.6) is 11.5 Å². The van der Waals surface area contributed by atoms with E-state index in [-0.39, 0.29) is 24.0 Å². The lowest BCUT2D eigenvalue weighted by Crippen LogP contribution is -2.38. The number of guanidine groups is 1. The van der Waals surface area contributed by atoms with Crippen LogP contribution < -0.4 is 20.1 Å². The maximum atomic E-state index is 5.35. The highest BCUT2D eigenvalue weighted by molar-refractivity contribution is 14.0. The van der Waals surface area contributed by atoms with E-state index in [1.165, 1.54) is 0 Å². The average Bonchev–Trinajstić information content (AvgIpc) is 2.50. The molecular formula is C15H24IN3O2. The molecule has 0 unspecified atom stereocenters. The van der Waals surface area contributed by atoms with Gasteiger partial charge in [0.15, 0.2) is 5.96 Å². The van der Waals surface area contributed by atoms with Gasteiger partial charge in [-0.15, -0.1) is 30.6 Å². The number of rotatable bonds is 7. The molecule has 0 aromatic heterocycles. The van der Waals surface area contributed by atoms with Crippen molar-refractivity contribution < 1.29 is 9.47 Å². The first-order valence-corrected chi connectivity index (χ1v) is 6.51. The molecule has 1 rings (SSSR count). The molecule has 0 bridgehead atoms. The van der Waals surface area contributed by atoms with Gasteiger partial charge in [-0.2, -0.15) is 0 Å². The molecule has 0 atom stereocenters. The van der Waals surface area contributed by atoms with E-state index in [2.05, 4.69) is 22.2 Å². The Morgan fingerprint density at radius 1 is 1.29 bits per heavy atom. The number of hydrogen-bond donors (Lipinski definition) is 2. The molecule has 0 heterocycles. The van der Waals surface area contributed by atoms with E-state index < -0.39 is 0 Å².